The quantitative estimate of drug-likeness (QED) is 0.479. The molecule has 3 aromatic carbocycles. The maximum atomic E-state index is 13.4. The number of fused-ring (bicyclic) bond motifs is 1. The minimum absolute atomic E-state index is 0.367. The maximum absolute atomic E-state index is 13.4. The van der Waals surface area contributed by atoms with Gasteiger partial charge in [-0.1, -0.05) is 23.2 Å². The molecule has 1 heterocycles. The van der Waals surface area contributed by atoms with Crippen molar-refractivity contribution >= 4 is 44.7 Å². The summed E-state index contributed by atoms with van der Waals surface area (Å²) in [4.78, 5) is 1.18. The number of methoxy groups -OCH3 is 2. The van der Waals surface area contributed by atoms with Gasteiger partial charge in [0.25, 0.3) is 0 Å². The highest BCUT2D eigenvalue weighted by Gasteiger charge is 2.32. The molecule has 3 aromatic rings. The van der Waals surface area contributed by atoms with Gasteiger partial charge >= 0.3 is 0 Å². The maximum Gasteiger partial charge on any atom is 0.153 e. The number of hydrogen-bond acceptors (Lipinski definition) is 4. The van der Waals surface area contributed by atoms with Crippen molar-refractivity contribution in [1.82, 2.24) is 0 Å². The number of hydrogen-bond donors (Lipinski definition) is 0. The van der Waals surface area contributed by atoms with Crippen molar-refractivity contribution in [1.29, 1.82) is 0 Å². The molecule has 0 aliphatic carbocycles. The second kappa shape index (κ2) is 8.11. The van der Waals surface area contributed by atoms with E-state index in [9.17, 15) is 4.21 Å². The second-order valence-electron chi connectivity index (χ2n) is 6.19. The Morgan fingerprint density at radius 3 is 2.17 bits per heavy atom. The standard InChI is InChI=1S/C22H16Cl2O4S/c1-26-15-6-3-13(4-7-15)22-21(28-19-10-5-14(23)11-18(19)24)17-9-8-16(27-2)12-20(17)29(22)25/h3-12H,1-2H3. The molecule has 0 radical (unpaired) electrons. The third-order valence-corrected chi connectivity index (χ3v) is 6.54. The average molecular weight is 447 g/mol. The van der Waals surface area contributed by atoms with Gasteiger partial charge in [-0.25, -0.2) is 4.21 Å². The molecule has 0 spiro atoms. The van der Waals surface area contributed by atoms with Crippen LogP contribution in [0.4, 0.5) is 0 Å². The molecule has 0 amide bonds. The SMILES string of the molecule is COc1ccc(C2=C(Oc3ccc(Cl)cc3Cl)c3ccc(OC)cc3S2=O)cc1. The van der Waals surface area contributed by atoms with Crippen LogP contribution in [0, 0.1) is 0 Å². The highest BCUT2D eigenvalue weighted by Crippen LogP contribution is 2.45. The van der Waals surface area contributed by atoms with E-state index in [-0.39, 0.29) is 0 Å². The molecule has 0 saturated carbocycles. The normalized spacial score (nSPS) is 15.2. The van der Waals surface area contributed by atoms with Gasteiger partial charge < -0.3 is 14.2 Å². The van der Waals surface area contributed by atoms with Crippen LogP contribution in [0.25, 0.3) is 10.7 Å². The van der Waals surface area contributed by atoms with E-state index >= 15 is 0 Å². The van der Waals surface area contributed by atoms with Gasteiger partial charge in [0.05, 0.1) is 39.8 Å². The van der Waals surface area contributed by atoms with E-state index in [1.165, 1.54) is 0 Å². The van der Waals surface area contributed by atoms with Gasteiger partial charge in [0.1, 0.15) is 17.2 Å². The predicted molar refractivity (Wildman–Crippen MR) is 116 cm³/mol. The van der Waals surface area contributed by atoms with Gasteiger partial charge in [-0.15, -0.1) is 0 Å². The van der Waals surface area contributed by atoms with E-state index in [4.69, 9.17) is 37.4 Å². The van der Waals surface area contributed by atoms with Crippen molar-refractivity contribution in [3.8, 4) is 17.2 Å². The molecule has 1 atom stereocenters. The topological polar surface area (TPSA) is 44.8 Å². The molecule has 1 unspecified atom stereocenters. The van der Waals surface area contributed by atoms with Crippen LogP contribution < -0.4 is 14.2 Å². The summed E-state index contributed by atoms with van der Waals surface area (Å²) in [7, 11) is 1.71. The van der Waals surface area contributed by atoms with Crippen molar-refractivity contribution in [2.24, 2.45) is 0 Å². The van der Waals surface area contributed by atoms with Crippen LogP contribution in [0.15, 0.2) is 65.6 Å². The molecular weight excluding hydrogens is 431 g/mol. The minimum atomic E-state index is -1.46. The summed E-state index contributed by atoms with van der Waals surface area (Å²) in [5.41, 5.74) is 1.49. The highest BCUT2D eigenvalue weighted by molar-refractivity contribution is 7.95. The first-order chi connectivity index (χ1) is 14.0. The fourth-order valence-electron chi connectivity index (χ4n) is 3.04. The Kier molecular flexibility index (Phi) is 5.54. The molecular formula is C22H16Cl2O4S. The molecule has 4 nitrogen and oxygen atoms in total. The number of rotatable bonds is 5. The third-order valence-electron chi connectivity index (χ3n) is 4.48. The van der Waals surface area contributed by atoms with Crippen LogP contribution in [0.3, 0.4) is 0 Å². The van der Waals surface area contributed by atoms with Crippen molar-refractivity contribution in [3.63, 3.8) is 0 Å². The molecule has 0 aromatic heterocycles. The van der Waals surface area contributed by atoms with Crippen LogP contribution in [-0.4, -0.2) is 18.4 Å². The lowest BCUT2D eigenvalue weighted by atomic mass is 10.1. The lowest BCUT2D eigenvalue weighted by Crippen LogP contribution is -1.97. The molecule has 0 saturated heterocycles. The summed E-state index contributed by atoms with van der Waals surface area (Å²) in [5.74, 6) is 2.24. The van der Waals surface area contributed by atoms with Crippen molar-refractivity contribution in [3.05, 3.63) is 81.8 Å². The smallest absolute Gasteiger partial charge is 0.153 e. The average Bonchev–Trinajstić information content (AvgIpc) is 3.01. The van der Waals surface area contributed by atoms with E-state index in [0.717, 1.165) is 11.1 Å². The van der Waals surface area contributed by atoms with Crippen molar-refractivity contribution in [2.45, 2.75) is 4.90 Å². The van der Waals surface area contributed by atoms with E-state index in [2.05, 4.69) is 0 Å². The summed E-state index contributed by atoms with van der Waals surface area (Å²) in [5, 5.41) is 0.874. The van der Waals surface area contributed by atoms with E-state index in [1.807, 2.05) is 30.3 Å². The Labute approximate surface area is 181 Å². The van der Waals surface area contributed by atoms with E-state index < -0.39 is 10.8 Å². The van der Waals surface area contributed by atoms with Gasteiger partial charge in [-0.3, -0.25) is 0 Å². The summed E-state index contributed by atoms with van der Waals surface area (Å²) in [6, 6.07) is 17.7. The predicted octanol–water partition coefficient (Wildman–Crippen LogP) is 6.04. The van der Waals surface area contributed by atoms with Crippen molar-refractivity contribution in [2.75, 3.05) is 14.2 Å². The monoisotopic (exact) mass is 446 g/mol. The van der Waals surface area contributed by atoms with Crippen LogP contribution in [0.1, 0.15) is 11.1 Å². The van der Waals surface area contributed by atoms with Crippen LogP contribution in [0.5, 0.6) is 17.2 Å². The van der Waals surface area contributed by atoms with Gasteiger partial charge in [0.2, 0.25) is 0 Å². The number of halogens is 2. The molecule has 0 fully saturated rings. The van der Waals surface area contributed by atoms with Crippen LogP contribution in [0.2, 0.25) is 10.0 Å². The van der Waals surface area contributed by atoms with Crippen molar-refractivity contribution < 1.29 is 18.4 Å². The first-order valence-electron chi connectivity index (χ1n) is 8.63. The Morgan fingerprint density at radius 2 is 1.52 bits per heavy atom. The molecule has 1 aliphatic rings. The first-order valence-corrected chi connectivity index (χ1v) is 10.5. The zero-order valence-electron chi connectivity index (χ0n) is 15.6. The molecule has 1 aliphatic heterocycles. The number of ether oxygens (including phenoxy) is 3. The Balaban J connectivity index is 1.87. The number of benzene rings is 3. The summed E-state index contributed by atoms with van der Waals surface area (Å²) < 4.78 is 30.1. The molecule has 29 heavy (non-hydrogen) atoms. The van der Waals surface area contributed by atoms with Crippen LogP contribution in [-0.2, 0) is 10.8 Å². The Morgan fingerprint density at radius 1 is 0.828 bits per heavy atom. The second-order valence-corrected chi connectivity index (χ2v) is 8.42. The third kappa shape index (κ3) is 3.73. The Bertz CT molecular complexity index is 1140. The van der Waals surface area contributed by atoms with Gasteiger partial charge in [-0.2, -0.15) is 0 Å². The molecule has 7 heteroatoms. The van der Waals surface area contributed by atoms with E-state index in [1.54, 1.807) is 44.6 Å². The van der Waals surface area contributed by atoms with Gasteiger partial charge in [-0.05, 0) is 66.2 Å². The molecule has 4 rings (SSSR count). The fourth-order valence-corrected chi connectivity index (χ4v) is 4.96. The Hall–Kier alpha value is -2.47. The lowest BCUT2D eigenvalue weighted by Gasteiger charge is -2.12. The molecule has 0 bridgehead atoms. The zero-order chi connectivity index (χ0) is 20.5. The molecule has 148 valence electrons. The minimum Gasteiger partial charge on any atom is -0.497 e. The van der Waals surface area contributed by atoms with Gasteiger partial charge in [0.15, 0.2) is 5.76 Å². The molecule has 0 N–H and O–H groups in total. The van der Waals surface area contributed by atoms with Crippen LogP contribution >= 0.6 is 23.2 Å². The summed E-state index contributed by atoms with van der Waals surface area (Å²) in [6.07, 6.45) is 0. The summed E-state index contributed by atoms with van der Waals surface area (Å²) in [6.45, 7) is 0. The fraction of sp³-hybridized carbons (Fsp3) is 0.0909. The zero-order valence-corrected chi connectivity index (χ0v) is 17.9. The lowest BCUT2D eigenvalue weighted by molar-refractivity contribution is 0.413. The van der Waals surface area contributed by atoms with E-state index in [0.29, 0.717) is 42.9 Å². The highest BCUT2D eigenvalue weighted by atomic mass is 35.5. The van der Waals surface area contributed by atoms with Gasteiger partial charge in [0, 0.05) is 10.6 Å². The largest absolute Gasteiger partial charge is 0.497 e. The summed E-state index contributed by atoms with van der Waals surface area (Å²) >= 11 is 12.3. The first kappa shape index (κ1) is 19.8.